The van der Waals surface area contributed by atoms with Crippen molar-refractivity contribution in [3.63, 3.8) is 0 Å². The normalized spacial score (nSPS) is 20.6. The zero-order valence-electron chi connectivity index (χ0n) is 24.1. The number of carbonyl (C=O) groups is 2. The number of nitrogens with one attached hydrogen (secondary N) is 2. The molecule has 0 fully saturated rings. The topological polar surface area (TPSA) is 127 Å². The number of anilines is 1. The van der Waals surface area contributed by atoms with E-state index in [4.69, 9.17) is 14.2 Å². The minimum Gasteiger partial charge on any atom is -0.497 e. The Bertz CT molecular complexity index is 1280. The van der Waals surface area contributed by atoms with Gasteiger partial charge in [0.25, 0.3) is 15.9 Å². The maximum absolute atomic E-state index is 13.4. The predicted molar refractivity (Wildman–Crippen MR) is 152 cm³/mol. The van der Waals surface area contributed by atoms with E-state index in [2.05, 4.69) is 10.0 Å². The van der Waals surface area contributed by atoms with E-state index in [1.807, 2.05) is 27.7 Å². The lowest BCUT2D eigenvalue weighted by Gasteiger charge is -2.36. The van der Waals surface area contributed by atoms with E-state index in [-0.39, 0.29) is 71.1 Å². The second kappa shape index (κ2) is 13.2. The number of likely N-dealkylation sites (N-methyl/N-ethyl adjacent to an activating group) is 1. The standard InChI is InChI=1S/C28H40N4O7S/c1-18(2)29-28(34)32-15-19(3)26(38-7)16-31(5)27(33)24-13-8-21(14-25(24)39-17-20(32)4)30-40(35,36)23-11-9-22(37-6)10-12-23/h8-14,18-20,26,30H,15-17H2,1-7H3,(H,29,34)/t19-,20-,26-/m1/s1. The van der Waals surface area contributed by atoms with Gasteiger partial charge in [-0.2, -0.15) is 0 Å². The van der Waals surface area contributed by atoms with Crippen LogP contribution in [0, 0.1) is 5.92 Å². The molecule has 0 unspecified atom stereocenters. The monoisotopic (exact) mass is 576 g/mol. The van der Waals surface area contributed by atoms with Crippen molar-refractivity contribution in [3.8, 4) is 11.5 Å². The highest BCUT2D eigenvalue weighted by Crippen LogP contribution is 2.28. The molecule has 40 heavy (non-hydrogen) atoms. The smallest absolute Gasteiger partial charge is 0.317 e. The fourth-order valence-corrected chi connectivity index (χ4v) is 5.47. The van der Waals surface area contributed by atoms with E-state index in [9.17, 15) is 18.0 Å². The number of nitrogens with zero attached hydrogens (tertiary/aromatic N) is 2. The van der Waals surface area contributed by atoms with Gasteiger partial charge in [0.2, 0.25) is 0 Å². The lowest BCUT2D eigenvalue weighted by Crippen LogP contribution is -2.52. The summed E-state index contributed by atoms with van der Waals surface area (Å²) in [4.78, 5) is 29.8. The molecule has 0 spiro atoms. The van der Waals surface area contributed by atoms with Gasteiger partial charge in [-0.25, -0.2) is 13.2 Å². The summed E-state index contributed by atoms with van der Waals surface area (Å²) in [5, 5.41) is 2.94. The molecule has 0 aliphatic carbocycles. The van der Waals surface area contributed by atoms with Gasteiger partial charge in [0.05, 0.1) is 35.4 Å². The molecule has 2 aromatic carbocycles. The van der Waals surface area contributed by atoms with Gasteiger partial charge < -0.3 is 29.3 Å². The molecular weight excluding hydrogens is 536 g/mol. The van der Waals surface area contributed by atoms with Crippen LogP contribution >= 0.6 is 0 Å². The molecule has 2 N–H and O–H groups in total. The third kappa shape index (κ3) is 7.57. The van der Waals surface area contributed by atoms with Crippen molar-refractivity contribution in [2.75, 3.05) is 45.7 Å². The first kappa shape index (κ1) is 31.0. The van der Waals surface area contributed by atoms with Crippen molar-refractivity contribution in [1.29, 1.82) is 0 Å². The van der Waals surface area contributed by atoms with Crippen LogP contribution in [-0.2, 0) is 14.8 Å². The molecule has 3 rings (SSSR count). The molecule has 1 aliphatic rings. The Balaban J connectivity index is 1.96. The molecule has 0 radical (unpaired) electrons. The van der Waals surface area contributed by atoms with E-state index in [0.717, 1.165) is 0 Å². The Kier molecular flexibility index (Phi) is 10.3. The molecule has 0 saturated carbocycles. The number of benzene rings is 2. The van der Waals surface area contributed by atoms with Crippen LogP contribution < -0.4 is 19.5 Å². The average molecular weight is 577 g/mol. The van der Waals surface area contributed by atoms with E-state index < -0.39 is 10.0 Å². The minimum atomic E-state index is -3.92. The number of sulfonamides is 1. The maximum atomic E-state index is 13.4. The fraction of sp³-hybridized carbons (Fsp3) is 0.500. The van der Waals surface area contributed by atoms with Gasteiger partial charge in [-0.15, -0.1) is 0 Å². The zero-order chi connectivity index (χ0) is 29.6. The maximum Gasteiger partial charge on any atom is 0.317 e. The number of hydrogen-bond donors (Lipinski definition) is 2. The summed E-state index contributed by atoms with van der Waals surface area (Å²) in [6.07, 6.45) is -0.324. The SMILES string of the molecule is COc1ccc(S(=O)(=O)Nc2ccc3c(c2)OC[C@@H](C)N(C(=O)NC(C)C)C[C@@H](C)[C@H](OC)CN(C)C3=O)cc1. The molecule has 0 bridgehead atoms. The first-order chi connectivity index (χ1) is 18.9. The van der Waals surface area contributed by atoms with Crippen LogP contribution in [0.2, 0.25) is 0 Å². The summed E-state index contributed by atoms with van der Waals surface area (Å²) >= 11 is 0. The second-order valence-corrected chi connectivity index (χ2v) is 12.0. The molecule has 0 aromatic heterocycles. The fourth-order valence-electron chi connectivity index (χ4n) is 4.42. The lowest BCUT2D eigenvalue weighted by molar-refractivity contribution is 0.0165. The summed E-state index contributed by atoms with van der Waals surface area (Å²) in [6, 6.07) is 9.88. The first-order valence-electron chi connectivity index (χ1n) is 13.1. The van der Waals surface area contributed by atoms with Crippen LogP contribution in [0.5, 0.6) is 11.5 Å². The molecule has 2 aromatic rings. The van der Waals surface area contributed by atoms with Gasteiger partial charge in [0, 0.05) is 45.3 Å². The average Bonchev–Trinajstić information content (AvgIpc) is 2.91. The van der Waals surface area contributed by atoms with E-state index in [1.165, 1.54) is 42.3 Å². The molecule has 3 atom stereocenters. The molecular formula is C28H40N4O7S. The van der Waals surface area contributed by atoms with Crippen LogP contribution in [0.4, 0.5) is 10.5 Å². The van der Waals surface area contributed by atoms with Crippen LogP contribution in [0.3, 0.4) is 0 Å². The highest BCUT2D eigenvalue weighted by atomic mass is 32.2. The number of methoxy groups -OCH3 is 2. The number of urea groups is 1. The number of fused-ring (bicyclic) bond motifs is 1. The van der Waals surface area contributed by atoms with E-state index >= 15 is 0 Å². The van der Waals surface area contributed by atoms with Gasteiger partial charge >= 0.3 is 6.03 Å². The molecule has 1 heterocycles. The molecule has 3 amide bonds. The van der Waals surface area contributed by atoms with Crippen molar-refractivity contribution < 1.29 is 32.2 Å². The summed E-state index contributed by atoms with van der Waals surface area (Å²) < 4.78 is 45.5. The highest BCUT2D eigenvalue weighted by Gasteiger charge is 2.30. The largest absolute Gasteiger partial charge is 0.497 e. The minimum absolute atomic E-state index is 0.0537. The Morgan fingerprint density at radius 2 is 1.75 bits per heavy atom. The van der Waals surface area contributed by atoms with Crippen LogP contribution in [0.15, 0.2) is 47.4 Å². The van der Waals surface area contributed by atoms with Crippen molar-refractivity contribution >= 4 is 27.6 Å². The Morgan fingerprint density at radius 1 is 1.07 bits per heavy atom. The molecule has 12 heteroatoms. The summed E-state index contributed by atoms with van der Waals surface area (Å²) in [7, 11) is 0.835. The molecule has 11 nitrogen and oxygen atoms in total. The van der Waals surface area contributed by atoms with E-state index in [1.54, 1.807) is 31.2 Å². The summed E-state index contributed by atoms with van der Waals surface area (Å²) in [6.45, 7) is 8.38. The lowest BCUT2D eigenvalue weighted by atomic mass is 10.0. The number of rotatable bonds is 6. The van der Waals surface area contributed by atoms with Gasteiger partial charge in [-0.3, -0.25) is 9.52 Å². The first-order valence-corrected chi connectivity index (χ1v) is 14.6. The second-order valence-electron chi connectivity index (χ2n) is 10.3. The third-order valence-electron chi connectivity index (χ3n) is 6.74. The molecule has 0 saturated heterocycles. The van der Waals surface area contributed by atoms with Crippen LogP contribution in [0.1, 0.15) is 38.1 Å². The molecule has 1 aliphatic heterocycles. The Labute approximate surface area is 236 Å². The number of amides is 3. The highest BCUT2D eigenvalue weighted by molar-refractivity contribution is 7.92. The predicted octanol–water partition coefficient (Wildman–Crippen LogP) is 3.42. The third-order valence-corrected chi connectivity index (χ3v) is 8.14. The number of carbonyl (C=O) groups excluding carboxylic acids is 2. The Hall–Kier alpha value is -3.51. The summed E-state index contributed by atoms with van der Waals surface area (Å²) in [5.74, 6) is 0.362. The van der Waals surface area contributed by atoms with Gasteiger partial charge in [-0.05, 0) is 57.2 Å². The van der Waals surface area contributed by atoms with Gasteiger partial charge in [-0.1, -0.05) is 6.92 Å². The van der Waals surface area contributed by atoms with Crippen LogP contribution in [0.25, 0.3) is 0 Å². The van der Waals surface area contributed by atoms with Crippen molar-refractivity contribution in [2.24, 2.45) is 5.92 Å². The van der Waals surface area contributed by atoms with Crippen LogP contribution in [-0.4, -0.2) is 89.3 Å². The quantitative estimate of drug-likeness (QED) is 0.540. The van der Waals surface area contributed by atoms with Crippen molar-refractivity contribution in [3.05, 3.63) is 48.0 Å². The van der Waals surface area contributed by atoms with Gasteiger partial charge in [0.1, 0.15) is 18.1 Å². The number of hydrogen-bond acceptors (Lipinski definition) is 7. The van der Waals surface area contributed by atoms with E-state index in [0.29, 0.717) is 12.3 Å². The van der Waals surface area contributed by atoms with Gasteiger partial charge in [0.15, 0.2) is 0 Å². The zero-order valence-corrected chi connectivity index (χ0v) is 24.9. The van der Waals surface area contributed by atoms with Crippen molar-refractivity contribution in [2.45, 2.75) is 50.8 Å². The Morgan fingerprint density at radius 3 is 2.35 bits per heavy atom. The number of ether oxygens (including phenoxy) is 3. The molecule has 220 valence electrons. The summed E-state index contributed by atoms with van der Waals surface area (Å²) in [5.41, 5.74) is 0.492. The van der Waals surface area contributed by atoms with Crippen molar-refractivity contribution in [1.82, 2.24) is 15.1 Å².